The highest BCUT2D eigenvalue weighted by Gasteiger charge is 2.16. The van der Waals surface area contributed by atoms with Crippen LogP contribution >= 0.6 is 0 Å². The van der Waals surface area contributed by atoms with Gasteiger partial charge in [-0.3, -0.25) is 0 Å². The van der Waals surface area contributed by atoms with Crippen molar-refractivity contribution in [3.05, 3.63) is 23.8 Å². The Labute approximate surface area is 128 Å². The Kier molecular flexibility index (Phi) is 7.92. The van der Waals surface area contributed by atoms with Crippen molar-refractivity contribution in [1.82, 2.24) is 0 Å². The van der Waals surface area contributed by atoms with E-state index in [4.69, 9.17) is 5.11 Å². The van der Waals surface area contributed by atoms with Crippen LogP contribution in [-0.4, -0.2) is 48.7 Å². The van der Waals surface area contributed by atoms with Crippen LogP contribution in [-0.2, 0) is 10.1 Å². The standard InChI is InChI=1S/C8H20N.C7H8O4S/c1-5-9(6-2,7-3)8-4;1-5-2-3-6(8)4-7(5)12(9,10)11/h5-8H2,1-4H3;2-4,8H,1H3,(H,9,10,11)/q+1;/p-1. The van der Waals surface area contributed by atoms with Crippen LogP contribution in [0.25, 0.3) is 0 Å². The van der Waals surface area contributed by atoms with Gasteiger partial charge in [0, 0.05) is 0 Å². The Morgan fingerprint density at radius 2 is 1.48 bits per heavy atom. The van der Waals surface area contributed by atoms with E-state index in [1.807, 2.05) is 0 Å². The summed E-state index contributed by atoms with van der Waals surface area (Å²) in [5.74, 6) is -0.227. The summed E-state index contributed by atoms with van der Waals surface area (Å²) < 4.78 is 32.9. The summed E-state index contributed by atoms with van der Waals surface area (Å²) in [6.45, 7) is 15.7. The molecule has 21 heavy (non-hydrogen) atoms. The molecule has 122 valence electrons. The molecule has 1 aromatic rings. The Hall–Kier alpha value is -1.11. The lowest BCUT2D eigenvalue weighted by Crippen LogP contribution is -2.47. The Bertz CT molecular complexity index is 519. The molecule has 0 aliphatic carbocycles. The quantitative estimate of drug-likeness (QED) is 0.668. The maximum atomic E-state index is 10.5. The van der Waals surface area contributed by atoms with Gasteiger partial charge in [-0.2, -0.15) is 0 Å². The van der Waals surface area contributed by atoms with Crippen molar-refractivity contribution in [2.24, 2.45) is 0 Å². The lowest BCUT2D eigenvalue weighted by Gasteiger charge is -2.34. The molecule has 5 nitrogen and oxygen atoms in total. The Morgan fingerprint density at radius 1 is 1.05 bits per heavy atom. The van der Waals surface area contributed by atoms with Gasteiger partial charge in [0.05, 0.1) is 31.1 Å². The number of quaternary nitrogens is 1. The number of hydrogen-bond acceptors (Lipinski definition) is 4. The van der Waals surface area contributed by atoms with Crippen molar-refractivity contribution in [1.29, 1.82) is 0 Å². The number of phenolic OH excluding ortho intramolecular Hbond substituents is 1. The monoisotopic (exact) mass is 317 g/mol. The number of hydrogen-bond donors (Lipinski definition) is 1. The highest BCUT2D eigenvalue weighted by atomic mass is 32.2. The molecule has 0 aliphatic heterocycles. The highest BCUT2D eigenvalue weighted by Crippen LogP contribution is 2.19. The van der Waals surface area contributed by atoms with Crippen LogP contribution in [0, 0.1) is 6.92 Å². The third kappa shape index (κ3) is 6.03. The minimum atomic E-state index is -4.47. The van der Waals surface area contributed by atoms with E-state index in [1.165, 1.54) is 49.7 Å². The molecule has 0 aliphatic rings. The summed E-state index contributed by atoms with van der Waals surface area (Å²) in [5, 5.41) is 8.90. The number of aryl methyl sites for hydroxylation is 1. The topological polar surface area (TPSA) is 77.4 Å². The molecule has 0 heterocycles. The molecule has 1 rings (SSSR count). The molecular weight excluding hydrogens is 290 g/mol. The first kappa shape index (κ1) is 19.9. The molecule has 1 aromatic carbocycles. The number of aromatic hydroxyl groups is 1. The largest absolute Gasteiger partial charge is 0.744 e. The van der Waals surface area contributed by atoms with E-state index in [1.54, 1.807) is 0 Å². The molecule has 0 bridgehead atoms. The van der Waals surface area contributed by atoms with Crippen molar-refractivity contribution in [2.45, 2.75) is 39.5 Å². The highest BCUT2D eigenvalue weighted by molar-refractivity contribution is 7.85. The van der Waals surface area contributed by atoms with Gasteiger partial charge in [-0.1, -0.05) is 6.07 Å². The molecule has 0 unspecified atom stereocenters. The predicted molar refractivity (Wildman–Crippen MR) is 83.2 cm³/mol. The zero-order valence-electron chi connectivity index (χ0n) is 13.6. The van der Waals surface area contributed by atoms with Crippen LogP contribution in [0.1, 0.15) is 33.3 Å². The number of phenols is 1. The summed E-state index contributed by atoms with van der Waals surface area (Å²) in [4.78, 5) is -0.373. The molecular formula is C15H27NO4S. The van der Waals surface area contributed by atoms with E-state index in [0.717, 1.165) is 6.07 Å². The smallest absolute Gasteiger partial charge is 0.124 e. The second-order valence-corrected chi connectivity index (χ2v) is 6.36. The van der Waals surface area contributed by atoms with Crippen LogP contribution in [0.3, 0.4) is 0 Å². The molecule has 0 atom stereocenters. The van der Waals surface area contributed by atoms with Crippen molar-refractivity contribution in [3.63, 3.8) is 0 Å². The third-order valence-electron chi connectivity index (χ3n) is 4.12. The predicted octanol–water partition coefficient (Wildman–Crippen LogP) is 2.49. The maximum Gasteiger partial charge on any atom is 0.124 e. The van der Waals surface area contributed by atoms with E-state index in [9.17, 15) is 13.0 Å². The van der Waals surface area contributed by atoms with Crippen LogP contribution in [0.2, 0.25) is 0 Å². The Balaban J connectivity index is 0.000000400. The summed E-state index contributed by atoms with van der Waals surface area (Å²) in [6.07, 6.45) is 0. The van der Waals surface area contributed by atoms with Gasteiger partial charge in [-0.15, -0.1) is 0 Å². The van der Waals surface area contributed by atoms with Crippen LogP contribution in [0.4, 0.5) is 0 Å². The zero-order valence-corrected chi connectivity index (χ0v) is 14.4. The number of benzene rings is 1. The minimum absolute atomic E-state index is 0.227. The van der Waals surface area contributed by atoms with E-state index in [0.29, 0.717) is 5.56 Å². The Morgan fingerprint density at radius 3 is 1.71 bits per heavy atom. The van der Waals surface area contributed by atoms with Crippen molar-refractivity contribution in [2.75, 3.05) is 26.2 Å². The summed E-state index contributed by atoms with van der Waals surface area (Å²) in [5.41, 5.74) is 0.336. The van der Waals surface area contributed by atoms with Crippen LogP contribution < -0.4 is 0 Å². The maximum absolute atomic E-state index is 10.5. The number of rotatable bonds is 5. The zero-order chi connectivity index (χ0) is 16.7. The van der Waals surface area contributed by atoms with E-state index in [-0.39, 0.29) is 10.6 Å². The average Bonchev–Trinajstić information content (AvgIpc) is 2.44. The third-order valence-corrected chi connectivity index (χ3v) is 5.10. The van der Waals surface area contributed by atoms with Crippen molar-refractivity contribution in [3.8, 4) is 5.75 Å². The van der Waals surface area contributed by atoms with Crippen LogP contribution in [0.5, 0.6) is 5.75 Å². The second-order valence-electron chi connectivity index (χ2n) is 5.01. The molecule has 0 aromatic heterocycles. The molecule has 0 saturated carbocycles. The van der Waals surface area contributed by atoms with Gasteiger partial charge in [0.25, 0.3) is 0 Å². The molecule has 1 N–H and O–H groups in total. The fourth-order valence-electron chi connectivity index (χ4n) is 2.20. The first-order chi connectivity index (χ1) is 9.65. The normalized spacial score (nSPS) is 11.7. The van der Waals surface area contributed by atoms with Gasteiger partial charge >= 0.3 is 0 Å². The van der Waals surface area contributed by atoms with Crippen molar-refractivity contribution < 1.29 is 22.6 Å². The number of nitrogens with zero attached hydrogens (tertiary/aromatic N) is 1. The molecule has 0 saturated heterocycles. The molecule has 6 heteroatoms. The summed E-state index contributed by atoms with van der Waals surface area (Å²) in [7, 11) is -4.47. The molecule has 0 radical (unpaired) electrons. The first-order valence-corrected chi connectivity index (χ1v) is 8.67. The lowest BCUT2D eigenvalue weighted by molar-refractivity contribution is -0.921. The van der Waals surface area contributed by atoms with Gasteiger partial charge < -0.3 is 14.1 Å². The molecule has 0 fully saturated rings. The van der Waals surface area contributed by atoms with Gasteiger partial charge in [-0.25, -0.2) is 8.42 Å². The van der Waals surface area contributed by atoms with Gasteiger partial charge in [0.15, 0.2) is 0 Å². The van der Waals surface area contributed by atoms with Crippen molar-refractivity contribution >= 4 is 10.1 Å². The lowest BCUT2D eigenvalue weighted by atomic mass is 10.2. The second kappa shape index (κ2) is 8.36. The fourth-order valence-corrected chi connectivity index (χ4v) is 2.93. The SMILES string of the molecule is CC[N+](CC)(CC)CC.Cc1ccc(O)cc1S(=O)(=O)[O-]. The molecule has 0 amide bonds. The van der Waals surface area contributed by atoms with E-state index in [2.05, 4.69) is 27.7 Å². The first-order valence-electron chi connectivity index (χ1n) is 7.26. The summed E-state index contributed by atoms with van der Waals surface area (Å²) >= 11 is 0. The van der Waals surface area contributed by atoms with E-state index < -0.39 is 10.1 Å². The molecule has 0 spiro atoms. The van der Waals surface area contributed by atoms with Gasteiger partial charge in [-0.05, 0) is 52.3 Å². The van der Waals surface area contributed by atoms with Crippen LogP contribution in [0.15, 0.2) is 23.1 Å². The van der Waals surface area contributed by atoms with Gasteiger partial charge in [0.2, 0.25) is 0 Å². The average molecular weight is 317 g/mol. The summed E-state index contributed by atoms with van der Waals surface area (Å²) in [6, 6.07) is 3.64. The fraction of sp³-hybridized carbons (Fsp3) is 0.600. The van der Waals surface area contributed by atoms with Gasteiger partial charge in [0.1, 0.15) is 15.9 Å². The minimum Gasteiger partial charge on any atom is -0.744 e. The van der Waals surface area contributed by atoms with E-state index >= 15 is 0 Å².